The van der Waals surface area contributed by atoms with Crippen LogP contribution in [0.2, 0.25) is 0 Å². The van der Waals surface area contributed by atoms with Gasteiger partial charge in [-0.2, -0.15) is 0 Å². The van der Waals surface area contributed by atoms with Gasteiger partial charge in [-0.05, 0) is 43.9 Å². The van der Waals surface area contributed by atoms with Crippen LogP contribution >= 0.6 is 11.8 Å². The standard InChI is InChI=1S/C21H24N2O4S/c1-14(24)27-19-20(15-8-10-16(25)11-9-15)28-18-7-5-4-6-17(18)23(21(19)26)13-12-22(2)3/h4-11,19-20,25H,12-13H2,1-3H3/t19-,20?/m0/s1. The number of amides is 1. The van der Waals surface area contributed by atoms with Gasteiger partial charge in [0.05, 0.1) is 10.9 Å². The maximum Gasteiger partial charge on any atom is 0.303 e. The van der Waals surface area contributed by atoms with Gasteiger partial charge in [-0.15, -0.1) is 11.8 Å². The molecule has 1 aliphatic heterocycles. The number of carbonyl (C=O) groups excluding carboxylic acids is 2. The molecular weight excluding hydrogens is 376 g/mol. The molecule has 1 aliphatic rings. The number of hydrogen-bond donors (Lipinski definition) is 1. The molecule has 2 atom stereocenters. The van der Waals surface area contributed by atoms with Crippen LogP contribution in [0.4, 0.5) is 5.69 Å². The summed E-state index contributed by atoms with van der Waals surface area (Å²) in [5, 5.41) is 9.21. The van der Waals surface area contributed by atoms with Crippen LogP contribution in [-0.4, -0.2) is 55.2 Å². The van der Waals surface area contributed by atoms with Crippen LogP contribution in [-0.2, 0) is 14.3 Å². The van der Waals surface area contributed by atoms with E-state index in [1.54, 1.807) is 29.2 Å². The molecule has 0 saturated carbocycles. The zero-order valence-corrected chi connectivity index (χ0v) is 17.0. The second kappa shape index (κ2) is 8.67. The first-order chi connectivity index (χ1) is 13.4. The fourth-order valence-corrected chi connectivity index (χ4v) is 4.43. The highest BCUT2D eigenvalue weighted by atomic mass is 32.2. The van der Waals surface area contributed by atoms with Crippen LogP contribution in [0.15, 0.2) is 53.4 Å². The molecule has 0 bridgehead atoms. The lowest BCUT2D eigenvalue weighted by Crippen LogP contribution is -2.45. The Bertz CT molecular complexity index is 854. The Labute approximate surface area is 169 Å². The van der Waals surface area contributed by atoms with Crippen molar-refractivity contribution in [1.29, 1.82) is 0 Å². The van der Waals surface area contributed by atoms with Crippen LogP contribution in [0.5, 0.6) is 5.75 Å². The topological polar surface area (TPSA) is 70.1 Å². The Morgan fingerprint density at radius 3 is 2.50 bits per heavy atom. The number of anilines is 1. The van der Waals surface area contributed by atoms with Gasteiger partial charge in [-0.1, -0.05) is 24.3 Å². The molecule has 1 N–H and O–H groups in total. The predicted octanol–water partition coefficient (Wildman–Crippen LogP) is 3.07. The third-order valence-corrected chi connectivity index (χ3v) is 5.85. The smallest absolute Gasteiger partial charge is 0.303 e. The number of benzene rings is 2. The van der Waals surface area contributed by atoms with E-state index in [0.717, 1.165) is 16.1 Å². The fourth-order valence-electron chi connectivity index (χ4n) is 3.11. The lowest BCUT2D eigenvalue weighted by atomic mass is 10.1. The van der Waals surface area contributed by atoms with Crippen molar-refractivity contribution in [1.82, 2.24) is 4.90 Å². The second-order valence-corrected chi connectivity index (χ2v) is 8.10. The quantitative estimate of drug-likeness (QED) is 0.778. The Morgan fingerprint density at radius 1 is 1.18 bits per heavy atom. The number of likely N-dealkylation sites (N-methyl/N-ethyl adjacent to an activating group) is 1. The van der Waals surface area contributed by atoms with Crippen molar-refractivity contribution >= 4 is 29.3 Å². The average Bonchev–Trinajstić information content (AvgIpc) is 2.76. The van der Waals surface area contributed by atoms with Crippen molar-refractivity contribution in [3.8, 4) is 5.75 Å². The third-order valence-electron chi connectivity index (χ3n) is 4.48. The van der Waals surface area contributed by atoms with E-state index in [0.29, 0.717) is 13.1 Å². The summed E-state index contributed by atoms with van der Waals surface area (Å²) in [6, 6.07) is 14.4. The molecule has 0 spiro atoms. The lowest BCUT2D eigenvalue weighted by Gasteiger charge is -2.28. The summed E-state index contributed by atoms with van der Waals surface area (Å²) in [7, 11) is 3.90. The summed E-state index contributed by atoms with van der Waals surface area (Å²) in [5.74, 6) is -0.598. The molecular formula is C21H24N2O4S. The Balaban J connectivity index is 2.07. The van der Waals surface area contributed by atoms with Crippen LogP contribution in [0.25, 0.3) is 0 Å². The number of phenols is 1. The number of carbonyl (C=O) groups is 2. The highest BCUT2D eigenvalue weighted by molar-refractivity contribution is 7.99. The third kappa shape index (κ3) is 4.48. The van der Waals surface area contributed by atoms with Crippen molar-refractivity contribution < 1.29 is 19.4 Å². The van der Waals surface area contributed by atoms with Crippen molar-refractivity contribution in [2.75, 3.05) is 32.1 Å². The number of esters is 1. The van der Waals surface area contributed by atoms with Crippen LogP contribution in [0.3, 0.4) is 0 Å². The number of phenolic OH excluding ortho intramolecular Hbond substituents is 1. The van der Waals surface area contributed by atoms with E-state index in [9.17, 15) is 14.7 Å². The number of para-hydroxylation sites is 1. The Hall–Kier alpha value is -2.51. The van der Waals surface area contributed by atoms with Gasteiger partial charge in [0.25, 0.3) is 5.91 Å². The van der Waals surface area contributed by atoms with Gasteiger partial charge in [0.15, 0.2) is 6.10 Å². The van der Waals surface area contributed by atoms with E-state index in [1.807, 2.05) is 43.3 Å². The minimum Gasteiger partial charge on any atom is -0.508 e. The van der Waals surface area contributed by atoms with Crippen LogP contribution < -0.4 is 4.90 Å². The minimum atomic E-state index is -0.957. The van der Waals surface area contributed by atoms with E-state index >= 15 is 0 Å². The van der Waals surface area contributed by atoms with Crippen molar-refractivity contribution in [3.63, 3.8) is 0 Å². The number of hydrogen-bond acceptors (Lipinski definition) is 6. The van der Waals surface area contributed by atoms with E-state index in [4.69, 9.17) is 4.74 Å². The van der Waals surface area contributed by atoms with Gasteiger partial charge >= 0.3 is 5.97 Å². The van der Waals surface area contributed by atoms with Gasteiger partial charge in [-0.3, -0.25) is 9.59 Å². The summed E-state index contributed by atoms with van der Waals surface area (Å²) in [6.45, 7) is 2.49. The van der Waals surface area contributed by atoms with Crippen molar-refractivity contribution in [2.45, 2.75) is 23.2 Å². The molecule has 7 heteroatoms. The van der Waals surface area contributed by atoms with E-state index in [2.05, 4.69) is 0 Å². The minimum absolute atomic E-state index is 0.144. The maximum atomic E-state index is 13.5. The second-order valence-electron chi connectivity index (χ2n) is 6.92. The molecule has 0 radical (unpaired) electrons. The molecule has 6 nitrogen and oxygen atoms in total. The first-order valence-electron chi connectivity index (χ1n) is 9.05. The molecule has 1 unspecified atom stereocenters. The molecule has 148 valence electrons. The zero-order valence-electron chi connectivity index (χ0n) is 16.2. The number of rotatable bonds is 5. The van der Waals surface area contributed by atoms with Crippen molar-refractivity contribution in [3.05, 3.63) is 54.1 Å². The van der Waals surface area contributed by atoms with Gasteiger partial charge in [-0.25, -0.2) is 0 Å². The molecule has 0 saturated heterocycles. The SMILES string of the molecule is CC(=O)O[C@@H]1C(=O)N(CCN(C)C)c2ccccc2SC1c1ccc(O)cc1. The average molecular weight is 401 g/mol. The van der Waals surface area contributed by atoms with E-state index in [1.165, 1.54) is 18.7 Å². The van der Waals surface area contributed by atoms with Crippen LogP contribution in [0.1, 0.15) is 17.7 Å². The number of ether oxygens (including phenoxy) is 1. The largest absolute Gasteiger partial charge is 0.508 e. The molecule has 0 fully saturated rings. The molecule has 3 rings (SSSR count). The molecule has 28 heavy (non-hydrogen) atoms. The highest BCUT2D eigenvalue weighted by Gasteiger charge is 2.40. The summed E-state index contributed by atoms with van der Waals surface area (Å²) in [6.07, 6.45) is -0.957. The molecule has 2 aromatic rings. The summed E-state index contributed by atoms with van der Waals surface area (Å²) in [5.41, 5.74) is 1.63. The van der Waals surface area contributed by atoms with E-state index < -0.39 is 17.3 Å². The van der Waals surface area contributed by atoms with E-state index in [-0.39, 0.29) is 11.7 Å². The first-order valence-corrected chi connectivity index (χ1v) is 9.92. The summed E-state index contributed by atoms with van der Waals surface area (Å²) in [4.78, 5) is 29.9. The van der Waals surface area contributed by atoms with Gasteiger partial charge < -0.3 is 19.6 Å². The molecule has 0 aliphatic carbocycles. The Kier molecular flexibility index (Phi) is 6.26. The molecule has 1 amide bonds. The lowest BCUT2D eigenvalue weighted by molar-refractivity contribution is -0.152. The number of nitrogens with zero attached hydrogens (tertiary/aromatic N) is 2. The first kappa shape index (κ1) is 20.2. The molecule has 2 aromatic carbocycles. The predicted molar refractivity (Wildman–Crippen MR) is 110 cm³/mol. The zero-order chi connectivity index (χ0) is 20.3. The highest BCUT2D eigenvalue weighted by Crippen LogP contribution is 2.46. The number of thioether (sulfide) groups is 1. The number of aromatic hydroxyl groups is 1. The Morgan fingerprint density at radius 2 is 1.86 bits per heavy atom. The monoisotopic (exact) mass is 400 g/mol. The van der Waals surface area contributed by atoms with Crippen molar-refractivity contribution in [2.24, 2.45) is 0 Å². The molecule has 0 aromatic heterocycles. The summed E-state index contributed by atoms with van der Waals surface area (Å²) >= 11 is 1.49. The maximum absolute atomic E-state index is 13.5. The fraction of sp³-hybridized carbons (Fsp3) is 0.333. The molecule has 1 heterocycles. The van der Waals surface area contributed by atoms with Crippen LogP contribution in [0, 0.1) is 0 Å². The number of fused-ring (bicyclic) bond motifs is 1. The normalized spacial score (nSPS) is 19.3. The van der Waals surface area contributed by atoms with Gasteiger partial charge in [0.1, 0.15) is 5.75 Å². The van der Waals surface area contributed by atoms with Gasteiger partial charge in [0, 0.05) is 24.9 Å². The summed E-state index contributed by atoms with van der Waals surface area (Å²) < 4.78 is 5.52. The van der Waals surface area contributed by atoms with Gasteiger partial charge in [0.2, 0.25) is 0 Å².